The Balaban J connectivity index is 1.48. The van der Waals surface area contributed by atoms with Crippen LogP contribution in [0.2, 0.25) is 0 Å². The molecule has 0 fully saturated rings. The highest BCUT2D eigenvalue weighted by atomic mass is 79.9. The van der Waals surface area contributed by atoms with Gasteiger partial charge in [-0.05, 0) is 58.6 Å². The molecule has 1 aromatic carbocycles. The Morgan fingerprint density at radius 3 is 3.00 bits per heavy atom. The van der Waals surface area contributed by atoms with Crippen molar-refractivity contribution in [1.82, 2.24) is 19.5 Å². The van der Waals surface area contributed by atoms with Crippen LogP contribution in [-0.4, -0.2) is 31.9 Å². The Bertz CT molecular complexity index is 1180. The first-order valence-corrected chi connectivity index (χ1v) is 9.88. The van der Waals surface area contributed by atoms with Gasteiger partial charge in [-0.3, -0.25) is 4.79 Å². The zero-order chi connectivity index (χ0) is 19.3. The van der Waals surface area contributed by atoms with Crippen LogP contribution in [-0.2, 0) is 6.42 Å². The first-order valence-electron chi connectivity index (χ1n) is 9.09. The lowest BCUT2D eigenvalue weighted by Crippen LogP contribution is -2.39. The molecule has 1 aliphatic rings. The van der Waals surface area contributed by atoms with Crippen LogP contribution < -0.4 is 0 Å². The molecule has 0 aliphatic carbocycles. The van der Waals surface area contributed by atoms with E-state index in [1.807, 2.05) is 17.0 Å². The molecule has 1 unspecified atom stereocenters. The van der Waals surface area contributed by atoms with E-state index in [-0.39, 0.29) is 11.9 Å². The number of carbonyl (C=O) groups is 1. The van der Waals surface area contributed by atoms with Crippen molar-refractivity contribution in [3.63, 3.8) is 0 Å². The maximum Gasteiger partial charge on any atom is 0.274 e. The lowest BCUT2D eigenvalue weighted by atomic mass is 9.91. The van der Waals surface area contributed by atoms with Gasteiger partial charge in [-0.15, -0.1) is 0 Å². The quantitative estimate of drug-likeness (QED) is 0.463. The van der Waals surface area contributed by atoms with E-state index in [9.17, 15) is 4.79 Å². The highest BCUT2D eigenvalue weighted by molar-refractivity contribution is 9.10. The second kappa shape index (κ2) is 6.60. The number of nitrogens with zero attached hydrogens (tertiary/aromatic N) is 4. The molecular weight excluding hydrogens is 420 g/mol. The molecule has 0 N–H and O–H groups in total. The van der Waals surface area contributed by atoms with Crippen molar-refractivity contribution in [2.24, 2.45) is 0 Å². The number of rotatable bonds is 2. The lowest BCUT2D eigenvalue weighted by molar-refractivity contribution is 0.0671. The molecule has 140 valence electrons. The molecule has 0 radical (unpaired) electrons. The number of hydrogen-bond donors (Lipinski definition) is 0. The van der Waals surface area contributed by atoms with Crippen LogP contribution in [0.1, 0.15) is 34.6 Å². The summed E-state index contributed by atoms with van der Waals surface area (Å²) in [5, 5.41) is 4.42. The molecule has 4 heterocycles. The van der Waals surface area contributed by atoms with Crippen molar-refractivity contribution in [3.8, 4) is 11.3 Å². The molecule has 7 heteroatoms. The number of carbonyl (C=O) groups excluding carboxylic acids is 1. The van der Waals surface area contributed by atoms with Crippen LogP contribution in [0.25, 0.3) is 17.0 Å². The summed E-state index contributed by atoms with van der Waals surface area (Å²) in [5.74, 6) is 0.749. The highest BCUT2D eigenvalue weighted by Crippen LogP contribution is 2.34. The Kier molecular flexibility index (Phi) is 4.05. The van der Waals surface area contributed by atoms with E-state index in [1.54, 1.807) is 29.2 Å². The molecule has 4 aromatic rings. The largest absolute Gasteiger partial charge is 0.464 e. The van der Waals surface area contributed by atoms with Crippen LogP contribution in [0.3, 0.4) is 0 Å². The summed E-state index contributed by atoms with van der Waals surface area (Å²) in [6, 6.07) is 11.8. The second-order valence-electron chi connectivity index (χ2n) is 6.92. The monoisotopic (exact) mass is 436 g/mol. The minimum absolute atomic E-state index is 0.0457. The zero-order valence-corrected chi connectivity index (χ0v) is 16.8. The van der Waals surface area contributed by atoms with Crippen LogP contribution >= 0.6 is 15.9 Å². The predicted molar refractivity (Wildman–Crippen MR) is 108 cm³/mol. The molecule has 0 saturated heterocycles. The first kappa shape index (κ1) is 17.2. The smallest absolute Gasteiger partial charge is 0.274 e. The third-order valence-electron chi connectivity index (χ3n) is 5.25. The summed E-state index contributed by atoms with van der Waals surface area (Å²) < 4.78 is 7.96. The van der Waals surface area contributed by atoms with Crippen LogP contribution in [0, 0.1) is 0 Å². The summed E-state index contributed by atoms with van der Waals surface area (Å²) in [4.78, 5) is 19.4. The molecule has 5 rings (SSSR count). The topological polar surface area (TPSA) is 63.6 Å². The molecule has 0 saturated carbocycles. The van der Waals surface area contributed by atoms with E-state index in [4.69, 9.17) is 4.42 Å². The summed E-state index contributed by atoms with van der Waals surface area (Å²) >= 11 is 3.38. The van der Waals surface area contributed by atoms with Gasteiger partial charge in [0.2, 0.25) is 0 Å². The molecule has 0 bridgehead atoms. The summed E-state index contributed by atoms with van der Waals surface area (Å²) in [7, 11) is 0. The van der Waals surface area contributed by atoms with Gasteiger partial charge in [-0.1, -0.05) is 12.1 Å². The van der Waals surface area contributed by atoms with Crippen LogP contribution in [0.4, 0.5) is 0 Å². The standard InChI is InChI=1S/C21H17BrN4O2/c1-13-17-9-15(19-3-2-8-28-19)5-4-14(17)6-7-25(13)21(27)18-10-20-23-11-16(22)12-26(20)24-18/h2-5,8-13H,6-7H2,1H3. The minimum atomic E-state index is -0.0804. The highest BCUT2D eigenvalue weighted by Gasteiger charge is 2.30. The Labute approximate surface area is 169 Å². The van der Waals surface area contributed by atoms with Crippen LogP contribution in [0.5, 0.6) is 0 Å². The molecule has 1 aliphatic heterocycles. The van der Waals surface area contributed by atoms with Crippen molar-refractivity contribution in [3.05, 3.63) is 76.3 Å². The van der Waals surface area contributed by atoms with E-state index < -0.39 is 0 Å². The van der Waals surface area contributed by atoms with Crippen molar-refractivity contribution in [2.45, 2.75) is 19.4 Å². The number of furan rings is 1. The van der Waals surface area contributed by atoms with Crippen molar-refractivity contribution < 1.29 is 9.21 Å². The second-order valence-corrected chi connectivity index (χ2v) is 7.84. The number of fused-ring (bicyclic) bond motifs is 2. The molecule has 6 nitrogen and oxygen atoms in total. The predicted octanol–water partition coefficient (Wildman–Crippen LogP) is 4.51. The molecule has 3 aromatic heterocycles. The Morgan fingerprint density at radius 2 is 2.18 bits per heavy atom. The van der Waals surface area contributed by atoms with Crippen molar-refractivity contribution in [1.29, 1.82) is 0 Å². The van der Waals surface area contributed by atoms with Crippen LogP contribution in [0.15, 0.2) is 63.9 Å². The van der Waals surface area contributed by atoms with Gasteiger partial charge >= 0.3 is 0 Å². The SMILES string of the molecule is CC1c2cc(-c3ccco3)ccc2CCN1C(=O)c1cc2ncc(Br)cn2n1. The van der Waals surface area contributed by atoms with E-state index in [0.29, 0.717) is 17.9 Å². The van der Waals surface area contributed by atoms with Gasteiger partial charge in [-0.2, -0.15) is 5.10 Å². The average Bonchev–Trinajstić information content (AvgIpc) is 3.37. The number of halogens is 1. The molecule has 1 amide bonds. The van der Waals surface area contributed by atoms with Gasteiger partial charge in [0.05, 0.1) is 16.8 Å². The number of amides is 1. The minimum Gasteiger partial charge on any atom is -0.464 e. The maximum absolute atomic E-state index is 13.2. The van der Waals surface area contributed by atoms with Gasteiger partial charge < -0.3 is 9.32 Å². The van der Waals surface area contributed by atoms with Gasteiger partial charge in [0.1, 0.15) is 5.76 Å². The number of hydrogen-bond acceptors (Lipinski definition) is 4. The fourth-order valence-corrected chi connectivity index (χ4v) is 4.09. The normalized spacial score (nSPS) is 16.4. The van der Waals surface area contributed by atoms with Gasteiger partial charge in [-0.25, -0.2) is 9.50 Å². The fraction of sp³-hybridized carbons (Fsp3) is 0.190. The van der Waals surface area contributed by atoms with E-state index in [0.717, 1.165) is 27.8 Å². The maximum atomic E-state index is 13.2. The molecular formula is C21H17BrN4O2. The number of benzene rings is 1. The third kappa shape index (κ3) is 2.82. The number of aromatic nitrogens is 3. The molecule has 28 heavy (non-hydrogen) atoms. The van der Waals surface area contributed by atoms with Crippen molar-refractivity contribution in [2.75, 3.05) is 6.54 Å². The van der Waals surface area contributed by atoms with Crippen molar-refractivity contribution >= 4 is 27.5 Å². The Hall–Kier alpha value is -2.93. The fourth-order valence-electron chi connectivity index (χ4n) is 3.79. The summed E-state index contributed by atoms with van der Waals surface area (Å²) in [6.45, 7) is 2.73. The van der Waals surface area contributed by atoms with E-state index in [2.05, 4.69) is 51.1 Å². The summed E-state index contributed by atoms with van der Waals surface area (Å²) in [6.07, 6.45) is 5.98. The zero-order valence-electron chi connectivity index (χ0n) is 15.2. The Morgan fingerprint density at radius 1 is 1.29 bits per heavy atom. The van der Waals surface area contributed by atoms with Gasteiger partial charge in [0, 0.05) is 30.6 Å². The third-order valence-corrected chi connectivity index (χ3v) is 5.66. The first-order chi connectivity index (χ1) is 13.6. The average molecular weight is 437 g/mol. The lowest BCUT2D eigenvalue weighted by Gasteiger charge is -2.35. The van der Waals surface area contributed by atoms with E-state index in [1.165, 1.54) is 5.56 Å². The van der Waals surface area contributed by atoms with Gasteiger partial charge in [0.25, 0.3) is 5.91 Å². The summed E-state index contributed by atoms with van der Waals surface area (Å²) in [5.41, 5.74) is 4.50. The molecule has 1 atom stereocenters. The van der Waals surface area contributed by atoms with E-state index >= 15 is 0 Å². The molecule has 0 spiro atoms. The van der Waals surface area contributed by atoms with Gasteiger partial charge in [0.15, 0.2) is 11.3 Å².